The van der Waals surface area contributed by atoms with Gasteiger partial charge in [0.15, 0.2) is 0 Å². The highest BCUT2D eigenvalue weighted by molar-refractivity contribution is 7.10. The SMILES string of the molecule is Cc1noc(C)c1Cc1nc(-c2ccc(N)cc2)cs1. The molecule has 5 heteroatoms. The highest BCUT2D eigenvalue weighted by Gasteiger charge is 2.12. The molecule has 0 atom stereocenters. The van der Waals surface area contributed by atoms with Crippen molar-refractivity contribution in [1.29, 1.82) is 0 Å². The van der Waals surface area contributed by atoms with Gasteiger partial charge in [-0.1, -0.05) is 17.3 Å². The van der Waals surface area contributed by atoms with Gasteiger partial charge in [-0.3, -0.25) is 0 Å². The Hall–Kier alpha value is -2.14. The van der Waals surface area contributed by atoms with Gasteiger partial charge in [-0.2, -0.15) is 0 Å². The Morgan fingerprint density at radius 1 is 1.20 bits per heavy atom. The number of nitrogens with zero attached hydrogens (tertiary/aromatic N) is 2. The molecule has 0 saturated carbocycles. The molecule has 3 rings (SSSR count). The van der Waals surface area contributed by atoms with Gasteiger partial charge in [0.25, 0.3) is 0 Å². The Bertz CT molecular complexity index is 708. The molecule has 0 bridgehead atoms. The number of hydrogen-bond acceptors (Lipinski definition) is 5. The number of hydrogen-bond donors (Lipinski definition) is 1. The fourth-order valence-corrected chi connectivity index (χ4v) is 2.90. The van der Waals surface area contributed by atoms with Gasteiger partial charge in [0, 0.05) is 28.6 Å². The van der Waals surface area contributed by atoms with Crippen LogP contribution in [0.3, 0.4) is 0 Å². The monoisotopic (exact) mass is 285 g/mol. The van der Waals surface area contributed by atoms with Crippen molar-refractivity contribution in [1.82, 2.24) is 10.1 Å². The molecule has 2 aromatic heterocycles. The van der Waals surface area contributed by atoms with Gasteiger partial charge in [0.2, 0.25) is 0 Å². The van der Waals surface area contributed by atoms with E-state index < -0.39 is 0 Å². The summed E-state index contributed by atoms with van der Waals surface area (Å²) < 4.78 is 5.19. The molecule has 20 heavy (non-hydrogen) atoms. The van der Waals surface area contributed by atoms with E-state index in [2.05, 4.69) is 15.5 Å². The Morgan fingerprint density at radius 3 is 2.60 bits per heavy atom. The predicted octanol–water partition coefficient (Wildman–Crippen LogP) is 3.59. The van der Waals surface area contributed by atoms with E-state index in [1.165, 1.54) is 0 Å². The molecule has 0 saturated heterocycles. The van der Waals surface area contributed by atoms with Gasteiger partial charge in [0.05, 0.1) is 16.4 Å². The molecular weight excluding hydrogens is 270 g/mol. The van der Waals surface area contributed by atoms with Crippen LogP contribution < -0.4 is 5.73 Å². The van der Waals surface area contributed by atoms with Crippen molar-refractivity contribution in [3.63, 3.8) is 0 Å². The highest BCUT2D eigenvalue weighted by atomic mass is 32.1. The summed E-state index contributed by atoms with van der Waals surface area (Å²) >= 11 is 1.65. The first-order chi connectivity index (χ1) is 9.63. The zero-order chi connectivity index (χ0) is 14.1. The van der Waals surface area contributed by atoms with E-state index >= 15 is 0 Å². The summed E-state index contributed by atoms with van der Waals surface area (Å²) in [5, 5.41) is 7.10. The Balaban J connectivity index is 1.85. The van der Waals surface area contributed by atoms with Crippen LogP contribution in [-0.2, 0) is 6.42 Å². The first-order valence-corrected chi connectivity index (χ1v) is 7.23. The summed E-state index contributed by atoms with van der Waals surface area (Å²) in [4.78, 5) is 4.68. The number of benzene rings is 1. The van der Waals surface area contributed by atoms with Crippen LogP contribution in [0.2, 0.25) is 0 Å². The molecule has 102 valence electrons. The summed E-state index contributed by atoms with van der Waals surface area (Å²) in [6, 6.07) is 7.76. The second-order valence-electron chi connectivity index (χ2n) is 4.73. The highest BCUT2D eigenvalue weighted by Crippen LogP contribution is 2.25. The van der Waals surface area contributed by atoms with E-state index in [9.17, 15) is 0 Å². The van der Waals surface area contributed by atoms with Crippen LogP contribution in [-0.4, -0.2) is 10.1 Å². The Labute approximate surface area is 121 Å². The Kier molecular flexibility index (Phi) is 3.28. The van der Waals surface area contributed by atoms with E-state index in [4.69, 9.17) is 10.3 Å². The lowest BCUT2D eigenvalue weighted by Gasteiger charge is -1.98. The number of rotatable bonds is 3. The van der Waals surface area contributed by atoms with Crippen LogP contribution in [0.5, 0.6) is 0 Å². The molecule has 0 fully saturated rings. The van der Waals surface area contributed by atoms with Crippen molar-refractivity contribution >= 4 is 17.0 Å². The van der Waals surface area contributed by atoms with Crippen molar-refractivity contribution in [2.75, 3.05) is 5.73 Å². The lowest BCUT2D eigenvalue weighted by atomic mass is 10.1. The number of aryl methyl sites for hydroxylation is 2. The van der Waals surface area contributed by atoms with Crippen molar-refractivity contribution in [2.45, 2.75) is 20.3 Å². The molecule has 1 aromatic carbocycles. The topological polar surface area (TPSA) is 64.9 Å². The lowest BCUT2D eigenvalue weighted by molar-refractivity contribution is 0.392. The maximum atomic E-state index is 5.70. The van der Waals surface area contributed by atoms with Gasteiger partial charge < -0.3 is 10.3 Å². The van der Waals surface area contributed by atoms with Crippen molar-refractivity contribution in [3.8, 4) is 11.3 Å². The molecule has 0 aliphatic carbocycles. The second kappa shape index (κ2) is 5.09. The maximum Gasteiger partial charge on any atom is 0.137 e. The smallest absolute Gasteiger partial charge is 0.137 e. The van der Waals surface area contributed by atoms with Crippen LogP contribution in [0.1, 0.15) is 22.0 Å². The summed E-state index contributed by atoms with van der Waals surface area (Å²) in [6.07, 6.45) is 0.765. The molecule has 4 nitrogen and oxygen atoms in total. The molecule has 0 aliphatic heterocycles. The number of aromatic nitrogens is 2. The maximum absolute atomic E-state index is 5.70. The summed E-state index contributed by atoms with van der Waals surface area (Å²) in [6.45, 7) is 3.89. The third-order valence-corrected chi connectivity index (χ3v) is 4.12. The molecule has 2 heterocycles. The minimum Gasteiger partial charge on any atom is -0.399 e. The van der Waals surface area contributed by atoms with E-state index in [-0.39, 0.29) is 0 Å². The number of thiazole rings is 1. The Morgan fingerprint density at radius 2 is 1.95 bits per heavy atom. The summed E-state index contributed by atoms with van der Waals surface area (Å²) in [5.74, 6) is 0.867. The van der Waals surface area contributed by atoms with Crippen molar-refractivity contribution < 1.29 is 4.52 Å². The lowest BCUT2D eigenvalue weighted by Crippen LogP contribution is -1.91. The van der Waals surface area contributed by atoms with Crippen LogP contribution in [0, 0.1) is 13.8 Å². The normalized spacial score (nSPS) is 10.9. The minimum absolute atomic E-state index is 0.764. The molecule has 0 radical (unpaired) electrons. The van der Waals surface area contributed by atoms with Gasteiger partial charge in [-0.05, 0) is 26.0 Å². The largest absolute Gasteiger partial charge is 0.399 e. The number of nitrogen functional groups attached to an aromatic ring is 1. The van der Waals surface area contributed by atoms with E-state index in [1.807, 2.05) is 38.1 Å². The third-order valence-electron chi connectivity index (χ3n) is 3.27. The molecule has 3 aromatic rings. The van der Waals surface area contributed by atoms with Crippen LogP contribution in [0.15, 0.2) is 34.2 Å². The predicted molar refractivity (Wildman–Crippen MR) is 80.7 cm³/mol. The van der Waals surface area contributed by atoms with Gasteiger partial charge in [-0.15, -0.1) is 11.3 Å². The quantitative estimate of drug-likeness (QED) is 0.747. The molecule has 0 unspecified atom stereocenters. The van der Waals surface area contributed by atoms with Gasteiger partial charge >= 0.3 is 0 Å². The fourth-order valence-electron chi connectivity index (χ4n) is 2.08. The van der Waals surface area contributed by atoms with Crippen molar-refractivity contribution in [2.24, 2.45) is 0 Å². The minimum atomic E-state index is 0.764. The van der Waals surface area contributed by atoms with Crippen LogP contribution in [0.25, 0.3) is 11.3 Å². The second-order valence-corrected chi connectivity index (χ2v) is 5.67. The van der Waals surface area contributed by atoms with Crippen LogP contribution in [0.4, 0.5) is 5.69 Å². The summed E-state index contributed by atoms with van der Waals surface area (Å²) in [7, 11) is 0. The van der Waals surface area contributed by atoms with E-state index in [0.29, 0.717) is 0 Å². The van der Waals surface area contributed by atoms with E-state index in [1.54, 1.807) is 11.3 Å². The molecule has 0 amide bonds. The molecule has 0 aliphatic rings. The number of anilines is 1. The third kappa shape index (κ3) is 2.44. The molecule has 2 N–H and O–H groups in total. The van der Waals surface area contributed by atoms with Crippen molar-refractivity contribution in [3.05, 3.63) is 51.7 Å². The van der Waals surface area contributed by atoms with Crippen LogP contribution >= 0.6 is 11.3 Å². The van der Waals surface area contributed by atoms with Gasteiger partial charge in [-0.25, -0.2) is 4.98 Å². The average Bonchev–Trinajstić information content (AvgIpc) is 3.02. The first-order valence-electron chi connectivity index (χ1n) is 6.35. The fraction of sp³-hybridized carbons (Fsp3) is 0.200. The van der Waals surface area contributed by atoms with E-state index in [0.717, 1.165) is 45.4 Å². The average molecular weight is 285 g/mol. The zero-order valence-electron chi connectivity index (χ0n) is 11.4. The first kappa shape index (κ1) is 12.9. The molecule has 0 spiro atoms. The molecular formula is C15H15N3OS. The van der Waals surface area contributed by atoms with Gasteiger partial charge in [0.1, 0.15) is 5.76 Å². The summed E-state index contributed by atoms with van der Waals surface area (Å²) in [5.41, 5.74) is 10.6. The number of nitrogens with two attached hydrogens (primary N) is 1. The standard InChI is InChI=1S/C15H15N3OS/c1-9-13(10(2)19-18-9)7-15-17-14(8-20-15)11-3-5-12(16)6-4-11/h3-6,8H,7,16H2,1-2H3. The zero-order valence-corrected chi connectivity index (χ0v) is 12.2.